The Hall–Kier alpha value is -2.84. The zero-order valence-corrected chi connectivity index (χ0v) is 14.8. The first kappa shape index (κ1) is 15.4. The van der Waals surface area contributed by atoms with Crippen LogP contribution in [-0.4, -0.2) is 51.7 Å². The van der Waals surface area contributed by atoms with Gasteiger partial charge in [0.05, 0.1) is 24.0 Å². The van der Waals surface area contributed by atoms with Crippen LogP contribution >= 0.6 is 0 Å². The van der Waals surface area contributed by atoms with Gasteiger partial charge in [-0.25, -0.2) is 14.2 Å². The molecule has 2 atom stereocenters. The Morgan fingerprint density at radius 3 is 3.00 bits per heavy atom. The third kappa shape index (κ3) is 2.23. The molecule has 134 valence electrons. The predicted octanol–water partition coefficient (Wildman–Crippen LogP) is 1.01. The van der Waals surface area contributed by atoms with E-state index in [1.54, 1.807) is 4.68 Å². The molecule has 9 heteroatoms. The molecule has 26 heavy (non-hydrogen) atoms. The lowest BCUT2D eigenvalue weighted by Gasteiger charge is -2.36. The first-order chi connectivity index (χ1) is 12.6. The van der Waals surface area contributed by atoms with Crippen LogP contribution in [0.5, 0.6) is 0 Å². The van der Waals surface area contributed by atoms with Gasteiger partial charge in [0, 0.05) is 36.7 Å². The fourth-order valence-electron chi connectivity index (χ4n) is 4.37. The van der Waals surface area contributed by atoms with E-state index in [4.69, 9.17) is 0 Å². The van der Waals surface area contributed by atoms with Crippen LogP contribution in [0.1, 0.15) is 48.1 Å². The van der Waals surface area contributed by atoms with Crippen LogP contribution in [0, 0.1) is 13.8 Å². The largest absolute Gasteiger partial charge is 0.332 e. The molecule has 5 rings (SSSR count). The van der Waals surface area contributed by atoms with Gasteiger partial charge in [-0.3, -0.25) is 4.79 Å². The van der Waals surface area contributed by atoms with E-state index in [-0.39, 0.29) is 18.0 Å². The van der Waals surface area contributed by atoms with Gasteiger partial charge in [0.15, 0.2) is 5.65 Å². The van der Waals surface area contributed by atoms with E-state index in [2.05, 4.69) is 30.5 Å². The van der Waals surface area contributed by atoms with Crippen molar-refractivity contribution in [1.29, 1.82) is 0 Å². The topological polar surface area (TPSA) is 94.1 Å². The molecule has 2 aliphatic rings. The maximum Gasteiger partial charge on any atom is 0.225 e. The fourth-order valence-corrected chi connectivity index (χ4v) is 4.37. The highest BCUT2D eigenvalue weighted by atomic mass is 16.2. The molecule has 1 fully saturated rings. The van der Waals surface area contributed by atoms with Crippen molar-refractivity contribution in [3.8, 4) is 0 Å². The molecule has 9 nitrogen and oxygen atoms in total. The van der Waals surface area contributed by atoms with Crippen molar-refractivity contribution in [1.82, 2.24) is 39.7 Å². The average molecular weight is 352 g/mol. The van der Waals surface area contributed by atoms with Gasteiger partial charge in [-0.15, -0.1) is 5.10 Å². The molecule has 1 amide bonds. The molecule has 0 saturated carbocycles. The second-order valence-electron chi connectivity index (χ2n) is 7.17. The van der Waals surface area contributed by atoms with Crippen molar-refractivity contribution in [2.75, 3.05) is 0 Å². The lowest BCUT2D eigenvalue weighted by Crippen LogP contribution is -2.43. The third-order valence-electron chi connectivity index (χ3n) is 5.56. The molecule has 2 aliphatic heterocycles. The van der Waals surface area contributed by atoms with Crippen molar-refractivity contribution in [2.24, 2.45) is 0 Å². The molecule has 3 aromatic rings. The Bertz CT molecular complexity index is 1010. The summed E-state index contributed by atoms with van der Waals surface area (Å²) >= 11 is 0. The number of amides is 1. The molecule has 3 aromatic heterocycles. The van der Waals surface area contributed by atoms with E-state index in [9.17, 15) is 4.79 Å². The summed E-state index contributed by atoms with van der Waals surface area (Å²) in [7, 11) is 0. The second-order valence-corrected chi connectivity index (χ2v) is 7.17. The molecule has 0 aromatic carbocycles. The minimum absolute atomic E-state index is 0.104. The van der Waals surface area contributed by atoms with Gasteiger partial charge in [-0.05, 0) is 37.1 Å². The van der Waals surface area contributed by atoms with E-state index in [1.165, 1.54) is 5.69 Å². The fraction of sp³-hybridized carbons (Fsp3) is 0.529. The molecule has 0 N–H and O–H groups in total. The van der Waals surface area contributed by atoms with Crippen LogP contribution in [0.15, 0.2) is 12.3 Å². The number of carbonyl (C=O) groups is 1. The third-order valence-corrected chi connectivity index (χ3v) is 5.56. The summed E-state index contributed by atoms with van der Waals surface area (Å²) in [5.74, 6) is 0.889. The quantitative estimate of drug-likeness (QED) is 0.698. The summed E-state index contributed by atoms with van der Waals surface area (Å²) in [4.78, 5) is 19.6. The number of hydrogen-bond donors (Lipinski definition) is 0. The average Bonchev–Trinajstić information content (AvgIpc) is 3.29. The number of carbonyl (C=O) groups excluding carboxylic acids is 1. The van der Waals surface area contributed by atoms with Crippen LogP contribution in [0.4, 0.5) is 0 Å². The minimum atomic E-state index is 0.104. The number of tetrazole rings is 1. The zero-order valence-electron chi connectivity index (χ0n) is 14.8. The van der Waals surface area contributed by atoms with E-state index in [0.29, 0.717) is 13.0 Å². The van der Waals surface area contributed by atoms with Gasteiger partial charge >= 0.3 is 0 Å². The minimum Gasteiger partial charge on any atom is -0.332 e. The first-order valence-corrected chi connectivity index (χ1v) is 9.00. The normalized spacial score (nSPS) is 21.4. The standard InChI is InChI=1S/C17H20N8O/c1-10-7-16-18-9-13-14-4-3-12(8-15(13)25(16)20-10)24(14)17(26)5-6-23-11(2)19-21-22-23/h7,9,12,14H,3-6,8H2,1-2H3/t12-,14+/m0/s1. The van der Waals surface area contributed by atoms with Crippen LogP contribution in [0.25, 0.3) is 5.65 Å². The SMILES string of the molecule is Cc1cc2ncc3c(n2n1)C[C@@H]1CC[C@H]3N1C(=O)CCn1nnnc1C. The smallest absolute Gasteiger partial charge is 0.225 e. The van der Waals surface area contributed by atoms with E-state index < -0.39 is 0 Å². The van der Waals surface area contributed by atoms with Gasteiger partial charge in [-0.1, -0.05) is 0 Å². The van der Waals surface area contributed by atoms with Crippen molar-refractivity contribution >= 4 is 11.6 Å². The zero-order chi connectivity index (χ0) is 17.8. The summed E-state index contributed by atoms with van der Waals surface area (Å²) in [6, 6.07) is 2.34. The Morgan fingerprint density at radius 2 is 2.19 bits per heavy atom. The van der Waals surface area contributed by atoms with E-state index in [0.717, 1.165) is 42.0 Å². The van der Waals surface area contributed by atoms with Crippen LogP contribution in [0.3, 0.4) is 0 Å². The highest BCUT2D eigenvalue weighted by Crippen LogP contribution is 2.43. The summed E-state index contributed by atoms with van der Waals surface area (Å²) in [6.45, 7) is 4.33. The molecule has 0 radical (unpaired) electrons. The maximum atomic E-state index is 12.9. The second kappa shape index (κ2) is 5.58. The Morgan fingerprint density at radius 1 is 1.31 bits per heavy atom. The van der Waals surface area contributed by atoms with Gasteiger partial charge in [-0.2, -0.15) is 5.10 Å². The van der Waals surface area contributed by atoms with Crippen molar-refractivity contribution in [3.63, 3.8) is 0 Å². The Kier molecular flexibility index (Phi) is 3.31. The molecular formula is C17H20N8O. The molecule has 2 bridgehead atoms. The summed E-state index contributed by atoms with van der Waals surface area (Å²) < 4.78 is 3.64. The number of aryl methyl sites for hydroxylation is 3. The van der Waals surface area contributed by atoms with Crippen molar-refractivity contribution in [3.05, 3.63) is 35.0 Å². The lowest BCUT2D eigenvalue weighted by atomic mass is 9.98. The van der Waals surface area contributed by atoms with E-state index in [1.807, 2.05) is 30.6 Å². The molecule has 1 saturated heterocycles. The summed E-state index contributed by atoms with van der Waals surface area (Å²) in [5.41, 5.74) is 4.19. The highest BCUT2D eigenvalue weighted by Gasteiger charge is 2.43. The number of hydrogen-bond acceptors (Lipinski definition) is 6. The number of fused-ring (bicyclic) bond motifs is 6. The van der Waals surface area contributed by atoms with Gasteiger partial charge < -0.3 is 4.90 Å². The number of nitrogens with zero attached hydrogens (tertiary/aromatic N) is 8. The highest BCUT2D eigenvalue weighted by molar-refractivity contribution is 5.78. The van der Waals surface area contributed by atoms with Gasteiger partial charge in [0.1, 0.15) is 5.82 Å². The molecule has 0 aliphatic carbocycles. The van der Waals surface area contributed by atoms with E-state index >= 15 is 0 Å². The number of rotatable bonds is 3. The summed E-state index contributed by atoms with van der Waals surface area (Å²) in [6.07, 6.45) is 5.19. The predicted molar refractivity (Wildman–Crippen MR) is 91.2 cm³/mol. The Balaban J connectivity index is 1.43. The Labute approximate surface area is 150 Å². The van der Waals surface area contributed by atoms with Crippen LogP contribution < -0.4 is 0 Å². The molecule has 5 heterocycles. The monoisotopic (exact) mass is 352 g/mol. The van der Waals surface area contributed by atoms with Crippen LogP contribution in [0.2, 0.25) is 0 Å². The van der Waals surface area contributed by atoms with Crippen LogP contribution in [-0.2, 0) is 17.8 Å². The van der Waals surface area contributed by atoms with Gasteiger partial charge in [0.25, 0.3) is 0 Å². The number of aromatic nitrogens is 7. The summed E-state index contributed by atoms with van der Waals surface area (Å²) in [5, 5.41) is 16.0. The van der Waals surface area contributed by atoms with Crippen molar-refractivity contribution < 1.29 is 4.79 Å². The van der Waals surface area contributed by atoms with Gasteiger partial charge in [0.2, 0.25) is 5.91 Å². The molecule has 0 spiro atoms. The molecule has 0 unspecified atom stereocenters. The first-order valence-electron chi connectivity index (χ1n) is 9.00. The van der Waals surface area contributed by atoms with Crippen molar-refractivity contribution in [2.45, 2.75) is 58.2 Å². The molecular weight excluding hydrogens is 332 g/mol. The maximum absolute atomic E-state index is 12.9. The lowest BCUT2D eigenvalue weighted by molar-refractivity contribution is -0.135.